The molecule has 0 bridgehead atoms. The molecule has 0 aromatic heterocycles. The quantitative estimate of drug-likeness (QED) is 0.749. The fraction of sp³-hybridized carbons (Fsp3) is 0.308. The maximum absolute atomic E-state index is 11.4. The molecule has 0 saturated heterocycles. The van der Waals surface area contributed by atoms with Crippen molar-refractivity contribution < 1.29 is 4.79 Å². The van der Waals surface area contributed by atoms with Crippen molar-refractivity contribution in [3.63, 3.8) is 0 Å². The first-order valence-electron chi connectivity index (χ1n) is 5.23. The van der Waals surface area contributed by atoms with Crippen LogP contribution in [0, 0.1) is 18.3 Å². The van der Waals surface area contributed by atoms with Crippen LogP contribution in [0.25, 0.3) is 0 Å². The summed E-state index contributed by atoms with van der Waals surface area (Å²) < 4.78 is 0. The zero-order valence-electron chi connectivity index (χ0n) is 9.58. The fourth-order valence-corrected chi connectivity index (χ4v) is 1.12. The SMILES string of the molecule is C#Cc1ccc(NC(=O)NCC(C)C)cc1. The van der Waals surface area contributed by atoms with E-state index in [1.807, 2.05) is 13.8 Å². The monoisotopic (exact) mass is 216 g/mol. The van der Waals surface area contributed by atoms with E-state index < -0.39 is 0 Å². The molecule has 16 heavy (non-hydrogen) atoms. The first-order chi connectivity index (χ1) is 7.61. The van der Waals surface area contributed by atoms with E-state index >= 15 is 0 Å². The van der Waals surface area contributed by atoms with E-state index in [4.69, 9.17) is 6.42 Å². The molecule has 3 heteroatoms. The largest absolute Gasteiger partial charge is 0.338 e. The summed E-state index contributed by atoms with van der Waals surface area (Å²) in [5.41, 5.74) is 1.54. The number of rotatable bonds is 3. The van der Waals surface area contributed by atoms with Crippen LogP contribution >= 0.6 is 0 Å². The predicted octanol–water partition coefficient (Wildman–Crippen LogP) is 2.45. The Kier molecular flexibility index (Phi) is 4.41. The van der Waals surface area contributed by atoms with Crippen LogP contribution in [0.1, 0.15) is 19.4 Å². The molecule has 3 nitrogen and oxygen atoms in total. The topological polar surface area (TPSA) is 41.1 Å². The van der Waals surface area contributed by atoms with Crippen LogP contribution in [0.2, 0.25) is 0 Å². The second-order valence-electron chi connectivity index (χ2n) is 3.95. The summed E-state index contributed by atoms with van der Waals surface area (Å²) >= 11 is 0. The number of carbonyl (C=O) groups is 1. The number of hydrogen-bond donors (Lipinski definition) is 2. The standard InChI is InChI=1S/C13H16N2O/c1-4-11-5-7-12(8-6-11)15-13(16)14-9-10(2)3/h1,5-8,10H,9H2,2-3H3,(H2,14,15,16). The van der Waals surface area contributed by atoms with Crippen molar-refractivity contribution in [1.82, 2.24) is 5.32 Å². The van der Waals surface area contributed by atoms with Gasteiger partial charge in [-0.15, -0.1) is 6.42 Å². The van der Waals surface area contributed by atoms with E-state index in [-0.39, 0.29) is 6.03 Å². The van der Waals surface area contributed by atoms with E-state index in [9.17, 15) is 4.79 Å². The van der Waals surface area contributed by atoms with Crippen LogP contribution in [0.15, 0.2) is 24.3 Å². The number of amides is 2. The third kappa shape index (κ3) is 4.05. The molecular weight excluding hydrogens is 200 g/mol. The molecule has 2 amide bonds. The summed E-state index contributed by atoms with van der Waals surface area (Å²) in [5, 5.41) is 5.50. The highest BCUT2D eigenvalue weighted by atomic mass is 16.2. The van der Waals surface area contributed by atoms with Gasteiger partial charge in [0, 0.05) is 17.8 Å². The second kappa shape index (κ2) is 5.82. The zero-order valence-corrected chi connectivity index (χ0v) is 9.58. The maximum atomic E-state index is 11.4. The van der Waals surface area contributed by atoms with Gasteiger partial charge in [-0.05, 0) is 30.2 Å². The van der Waals surface area contributed by atoms with Crippen LogP contribution in [0.5, 0.6) is 0 Å². The molecule has 0 unspecified atom stereocenters. The van der Waals surface area contributed by atoms with Crippen molar-refractivity contribution >= 4 is 11.7 Å². The van der Waals surface area contributed by atoms with Gasteiger partial charge in [-0.3, -0.25) is 0 Å². The minimum absolute atomic E-state index is 0.192. The number of anilines is 1. The summed E-state index contributed by atoms with van der Waals surface area (Å²) in [5.74, 6) is 2.96. The van der Waals surface area contributed by atoms with E-state index in [1.165, 1.54) is 0 Å². The molecule has 1 aromatic rings. The molecule has 0 heterocycles. The van der Waals surface area contributed by atoms with Gasteiger partial charge in [0.05, 0.1) is 0 Å². The summed E-state index contributed by atoms with van der Waals surface area (Å²) in [6.45, 7) is 4.75. The van der Waals surface area contributed by atoms with Gasteiger partial charge in [-0.1, -0.05) is 19.8 Å². The first kappa shape index (κ1) is 12.1. The van der Waals surface area contributed by atoms with Gasteiger partial charge < -0.3 is 10.6 Å². The van der Waals surface area contributed by atoms with Crippen molar-refractivity contribution in [3.8, 4) is 12.3 Å². The Labute approximate surface area is 96.2 Å². The van der Waals surface area contributed by atoms with Gasteiger partial charge in [-0.2, -0.15) is 0 Å². The summed E-state index contributed by atoms with van der Waals surface area (Å²) in [6.07, 6.45) is 5.23. The lowest BCUT2D eigenvalue weighted by molar-refractivity contribution is 0.251. The van der Waals surface area contributed by atoms with Crippen LogP contribution in [0.4, 0.5) is 10.5 Å². The minimum atomic E-state index is -0.192. The van der Waals surface area contributed by atoms with E-state index in [0.717, 1.165) is 11.3 Å². The Morgan fingerprint density at radius 1 is 1.38 bits per heavy atom. The summed E-state index contributed by atoms with van der Waals surface area (Å²) in [6, 6.07) is 6.95. The number of nitrogens with one attached hydrogen (secondary N) is 2. The predicted molar refractivity (Wildman–Crippen MR) is 66.2 cm³/mol. The number of benzene rings is 1. The van der Waals surface area contributed by atoms with Crippen LogP contribution in [0.3, 0.4) is 0 Å². The Hall–Kier alpha value is -1.95. The van der Waals surface area contributed by atoms with Crippen molar-refractivity contribution in [1.29, 1.82) is 0 Å². The molecule has 0 aliphatic carbocycles. The molecule has 0 fully saturated rings. The van der Waals surface area contributed by atoms with Crippen molar-refractivity contribution in [2.24, 2.45) is 5.92 Å². The number of carbonyl (C=O) groups excluding carboxylic acids is 1. The number of terminal acetylenes is 1. The Morgan fingerprint density at radius 3 is 2.50 bits per heavy atom. The van der Waals surface area contributed by atoms with Gasteiger partial charge in [0.2, 0.25) is 0 Å². The van der Waals surface area contributed by atoms with Crippen molar-refractivity contribution in [3.05, 3.63) is 29.8 Å². The summed E-state index contributed by atoms with van der Waals surface area (Å²) in [7, 11) is 0. The summed E-state index contributed by atoms with van der Waals surface area (Å²) in [4.78, 5) is 11.4. The van der Waals surface area contributed by atoms with Crippen molar-refractivity contribution in [2.45, 2.75) is 13.8 Å². The van der Waals surface area contributed by atoms with Crippen LogP contribution in [-0.4, -0.2) is 12.6 Å². The van der Waals surface area contributed by atoms with Gasteiger partial charge in [0.25, 0.3) is 0 Å². The number of urea groups is 1. The highest BCUT2D eigenvalue weighted by Crippen LogP contribution is 2.08. The molecular formula is C13H16N2O. The average Bonchev–Trinajstić information content (AvgIpc) is 2.27. The normalized spacial score (nSPS) is 9.62. The average molecular weight is 216 g/mol. The Balaban J connectivity index is 2.47. The van der Waals surface area contributed by atoms with Gasteiger partial charge in [0.1, 0.15) is 0 Å². The Bertz CT molecular complexity index is 387. The van der Waals surface area contributed by atoms with E-state index in [2.05, 4.69) is 16.6 Å². The molecule has 84 valence electrons. The Morgan fingerprint density at radius 2 is 2.00 bits per heavy atom. The molecule has 1 rings (SSSR count). The molecule has 0 aliphatic rings. The van der Waals surface area contributed by atoms with E-state index in [0.29, 0.717) is 12.5 Å². The molecule has 0 saturated carbocycles. The van der Waals surface area contributed by atoms with Crippen LogP contribution in [-0.2, 0) is 0 Å². The minimum Gasteiger partial charge on any atom is -0.338 e. The smallest absolute Gasteiger partial charge is 0.319 e. The maximum Gasteiger partial charge on any atom is 0.319 e. The van der Waals surface area contributed by atoms with Gasteiger partial charge in [0.15, 0.2) is 0 Å². The highest BCUT2D eigenvalue weighted by molar-refractivity contribution is 5.89. The van der Waals surface area contributed by atoms with Crippen molar-refractivity contribution in [2.75, 3.05) is 11.9 Å². The molecule has 2 N–H and O–H groups in total. The third-order valence-corrected chi connectivity index (χ3v) is 1.98. The number of hydrogen-bond acceptors (Lipinski definition) is 1. The molecule has 0 radical (unpaired) electrons. The second-order valence-corrected chi connectivity index (χ2v) is 3.95. The third-order valence-electron chi connectivity index (χ3n) is 1.98. The molecule has 0 spiro atoms. The van der Waals surface area contributed by atoms with Gasteiger partial charge in [-0.25, -0.2) is 4.79 Å². The van der Waals surface area contributed by atoms with Crippen LogP contribution < -0.4 is 10.6 Å². The van der Waals surface area contributed by atoms with Gasteiger partial charge >= 0.3 is 6.03 Å². The van der Waals surface area contributed by atoms with E-state index in [1.54, 1.807) is 24.3 Å². The molecule has 0 atom stereocenters. The lowest BCUT2D eigenvalue weighted by atomic mass is 10.2. The zero-order chi connectivity index (χ0) is 12.0. The first-order valence-corrected chi connectivity index (χ1v) is 5.23. The highest BCUT2D eigenvalue weighted by Gasteiger charge is 2.01. The molecule has 0 aliphatic heterocycles. The lowest BCUT2D eigenvalue weighted by Gasteiger charge is -2.09. The fourth-order valence-electron chi connectivity index (χ4n) is 1.12. The lowest BCUT2D eigenvalue weighted by Crippen LogP contribution is -2.31. The molecule has 1 aromatic carbocycles.